The van der Waals surface area contributed by atoms with Gasteiger partial charge in [0.25, 0.3) is 11.8 Å². The largest absolute Gasteiger partial charge is 0.344 e. The number of carbonyl (C=O) groups is 3. The Hall–Kier alpha value is -3.30. The Morgan fingerprint density at radius 2 is 1.83 bits per heavy atom. The average Bonchev–Trinajstić information content (AvgIpc) is 3.39. The van der Waals surface area contributed by atoms with Crippen LogP contribution >= 0.6 is 11.3 Å². The van der Waals surface area contributed by atoms with Crippen molar-refractivity contribution in [3.8, 4) is 0 Å². The van der Waals surface area contributed by atoms with Gasteiger partial charge in [0.2, 0.25) is 0 Å². The minimum atomic E-state index is -1.05. The minimum Gasteiger partial charge on any atom is -0.322 e. The van der Waals surface area contributed by atoms with Gasteiger partial charge in [-0.15, -0.1) is 11.3 Å². The number of hydrazine groups is 1. The summed E-state index contributed by atoms with van der Waals surface area (Å²) in [5.41, 5.74) is 3.61. The molecular weight excluding hydrogens is 462 g/mol. The van der Waals surface area contributed by atoms with Crippen molar-refractivity contribution in [2.75, 3.05) is 19.6 Å². The number of hydrogen-bond acceptors (Lipinski definition) is 6. The van der Waals surface area contributed by atoms with Crippen LogP contribution in [0.2, 0.25) is 0 Å². The van der Waals surface area contributed by atoms with Crippen LogP contribution in [0.4, 0.5) is 4.79 Å². The molecule has 0 spiro atoms. The summed E-state index contributed by atoms with van der Waals surface area (Å²) in [5, 5.41) is 4.74. The van der Waals surface area contributed by atoms with Crippen LogP contribution < -0.4 is 10.7 Å². The van der Waals surface area contributed by atoms with E-state index in [4.69, 9.17) is 4.98 Å². The number of likely N-dealkylation sites (tertiary alicyclic amines) is 1. The molecule has 8 nitrogen and oxygen atoms in total. The summed E-state index contributed by atoms with van der Waals surface area (Å²) in [7, 11) is 0. The van der Waals surface area contributed by atoms with Crippen LogP contribution in [-0.4, -0.2) is 57.9 Å². The average molecular weight is 492 g/mol. The van der Waals surface area contributed by atoms with E-state index in [9.17, 15) is 14.4 Å². The molecule has 2 aliphatic heterocycles. The third-order valence-electron chi connectivity index (χ3n) is 6.87. The molecule has 2 aliphatic rings. The van der Waals surface area contributed by atoms with Gasteiger partial charge in [-0.1, -0.05) is 42.5 Å². The van der Waals surface area contributed by atoms with Crippen LogP contribution in [0.5, 0.6) is 0 Å². The lowest BCUT2D eigenvalue weighted by atomic mass is 9.93. The summed E-state index contributed by atoms with van der Waals surface area (Å²) in [6.07, 6.45) is 2.95. The molecule has 0 bridgehead atoms. The maximum atomic E-state index is 13.0. The Bertz CT molecular complexity index is 1210. The maximum Gasteiger partial charge on any atom is 0.344 e. The Morgan fingerprint density at radius 1 is 1.11 bits per heavy atom. The molecule has 9 heteroatoms. The number of aryl methyl sites for hydroxylation is 1. The molecule has 1 aromatic heterocycles. The first kappa shape index (κ1) is 23.4. The molecule has 2 fully saturated rings. The van der Waals surface area contributed by atoms with E-state index >= 15 is 0 Å². The number of fused-ring (bicyclic) bond motifs is 1. The van der Waals surface area contributed by atoms with Gasteiger partial charge >= 0.3 is 6.03 Å². The molecule has 35 heavy (non-hydrogen) atoms. The number of nitrogens with one attached hydrogen (secondary N) is 2. The van der Waals surface area contributed by atoms with Gasteiger partial charge in [0.1, 0.15) is 5.54 Å². The van der Waals surface area contributed by atoms with Gasteiger partial charge in [0.05, 0.1) is 21.8 Å². The van der Waals surface area contributed by atoms with E-state index in [0.29, 0.717) is 18.8 Å². The number of aromatic nitrogens is 1. The predicted octanol–water partition coefficient (Wildman–Crippen LogP) is 3.45. The fourth-order valence-corrected chi connectivity index (χ4v) is 5.90. The van der Waals surface area contributed by atoms with Gasteiger partial charge < -0.3 is 5.32 Å². The van der Waals surface area contributed by atoms with Crippen molar-refractivity contribution in [1.29, 1.82) is 0 Å². The highest BCUT2D eigenvalue weighted by molar-refractivity contribution is 7.18. The molecule has 2 saturated heterocycles. The first-order chi connectivity index (χ1) is 16.9. The van der Waals surface area contributed by atoms with Crippen LogP contribution in [0.1, 0.15) is 42.7 Å². The number of nitrogens with zero attached hydrogens (tertiary/aromatic N) is 3. The molecule has 0 radical (unpaired) electrons. The van der Waals surface area contributed by atoms with Crippen molar-refractivity contribution >= 4 is 39.4 Å². The summed E-state index contributed by atoms with van der Waals surface area (Å²) in [5.74, 6) is -0.399. The lowest BCUT2D eigenvalue weighted by molar-refractivity contribution is -0.139. The van der Waals surface area contributed by atoms with E-state index < -0.39 is 17.5 Å². The summed E-state index contributed by atoms with van der Waals surface area (Å²) in [4.78, 5) is 45.0. The minimum absolute atomic E-state index is 0.143. The Balaban J connectivity index is 1.12. The van der Waals surface area contributed by atoms with E-state index in [-0.39, 0.29) is 12.5 Å². The quantitative estimate of drug-likeness (QED) is 0.494. The van der Waals surface area contributed by atoms with Crippen LogP contribution in [0.25, 0.3) is 10.2 Å². The van der Waals surface area contributed by atoms with Gasteiger partial charge in [-0.05, 0) is 63.4 Å². The highest BCUT2D eigenvalue weighted by Gasteiger charge is 2.48. The third kappa shape index (κ3) is 5.06. The number of benzene rings is 2. The number of amides is 4. The number of hydrogen-bond donors (Lipinski definition) is 2. The molecule has 182 valence electrons. The van der Waals surface area contributed by atoms with Crippen molar-refractivity contribution in [2.45, 2.75) is 44.1 Å². The van der Waals surface area contributed by atoms with E-state index in [1.54, 1.807) is 18.3 Å². The van der Waals surface area contributed by atoms with Gasteiger partial charge in [0, 0.05) is 5.92 Å². The summed E-state index contributed by atoms with van der Waals surface area (Å²) < 4.78 is 1.20. The summed E-state index contributed by atoms with van der Waals surface area (Å²) in [6, 6.07) is 17.4. The first-order valence-corrected chi connectivity index (χ1v) is 12.8. The molecule has 1 unspecified atom stereocenters. The van der Waals surface area contributed by atoms with Crippen molar-refractivity contribution < 1.29 is 14.4 Å². The number of rotatable bonds is 7. The fraction of sp³-hybridized carbons (Fsp3) is 0.385. The van der Waals surface area contributed by atoms with Gasteiger partial charge in [-0.2, -0.15) is 5.01 Å². The Kier molecular flexibility index (Phi) is 6.53. The lowest BCUT2D eigenvalue weighted by Gasteiger charge is -2.30. The number of urea groups is 1. The predicted molar refractivity (Wildman–Crippen MR) is 135 cm³/mol. The number of carbonyl (C=O) groups excluding carboxylic acids is 3. The Morgan fingerprint density at radius 3 is 2.57 bits per heavy atom. The summed E-state index contributed by atoms with van der Waals surface area (Å²) in [6.45, 7) is 3.38. The third-order valence-corrected chi connectivity index (χ3v) is 8.07. The monoisotopic (exact) mass is 491 g/mol. The van der Waals surface area contributed by atoms with Gasteiger partial charge in [0.15, 0.2) is 0 Å². The van der Waals surface area contributed by atoms with E-state index in [2.05, 4.69) is 21.7 Å². The van der Waals surface area contributed by atoms with E-state index in [1.165, 1.54) is 4.70 Å². The van der Waals surface area contributed by atoms with Crippen LogP contribution in [0.15, 0.2) is 54.6 Å². The van der Waals surface area contributed by atoms with Crippen molar-refractivity contribution in [3.63, 3.8) is 0 Å². The second-order valence-electron chi connectivity index (χ2n) is 9.49. The zero-order valence-electron chi connectivity index (χ0n) is 19.7. The van der Waals surface area contributed by atoms with E-state index in [0.717, 1.165) is 47.0 Å². The molecule has 5 rings (SSSR count). The molecule has 0 saturated carbocycles. The highest BCUT2D eigenvalue weighted by atomic mass is 32.1. The molecule has 0 aliphatic carbocycles. The Labute approximate surface area is 208 Å². The fourth-order valence-electron chi connectivity index (χ4n) is 4.76. The second kappa shape index (κ2) is 9.75. The van der Waals surface area contributed by atoms with Gasteiger partial charge in [-0.3, -0.25) is 19.9 Å². The molecular formula is C26H29N5O3S. The number of para-hydroxylation sites is 1. The first-order valence-electron chi connectivity index (χ1n) is 12.0. The summed E-state index contributed by atoms with van der Waals surface area (Å²) >= 11 is 1.75. The van der Waals surface area contributed by atoms with Crippen LogP contribution in [-0.2, 0) is 16.0 Å². The van der Waals surface area contributed by atoms with Gasteiger partial charge in [-0.25, -0.2) is 9.78 Å². The topological polar surface area (TPSA) is 94.6 Å². The molecule has 1 atom stereocenters. The number of piperidine rings is 1. The number of thiazole rings is 1. The molecule has 3 heterocycles. The molecule has 2 aromatic carbocycles. The SMILES string of the molecule is CC1(CCc2ccccc2)NC(=O)N(NC(=O)CN2CCC(c3nc4ccccc4s3)CC2)C1=O. The highest BCUT2D eigenvalue weighted by Crippen LogP contribution is 2.33. The van der Waals surface area contributed by atoms with E-state index in [1.807, 2.05) is 48.5 Å². The number of imide groups is 1. The lowest BCUT2D eigenvalue weighted by Crippen LogP contribution is -2.51. The van der Waals surface area contributed by atoms with Crippen LogP contribution in [0.3, 0.4) is 0 Å². The molecule has 2 N–H and O–H groups in total. The van der Waals surface area contributed by atoms with Crippen molar-refractivity contribution in [3.05, 3.63) is 65.2 Å². The zero-order chi connectivity index (χ0) is 24.4. The van der Waals surface area contributed by atoms with Crippen LogP contribution in [0, 0.1) is 0 Å². The second-order valence-corrected chi connectivity index (χ2v) is 10.6. The molecule has 3 aromatic rings. The molecule has 4 amide bonds. The zero-order valence-corrected chi connectivity index (χ0v) is 20.5. The standard InChI is InChI=1S/C26H29N5O3S/c1-26(14-11-18-7-3-2-4-8-18)24(33)31(25(34)28-26)29-22(32)17-30-15-12-19(13-16-30)23-27-20-9-5-6-10-21(20)35-23/h2-10,19H,11-17H2,1H3,(H,28,34)(H,29,32). The van der Waals surface area contributed by atoms with Crippen molar-refractivity contribution in [1.82, 2.24) is 25.6 Å². The van der Waals surface area contributed by atoms with Crippen molar-refractivity contribution in [2.24, 2.45) is 0 Å². The normalized spacial score (nSPS) is 21.5. The maximum absolute atomic E-state index is 13.0. The smallest absolute Gasteiger partial charge is 0.322 e.